The molecule has 0 spiro atoms. The predicted molar refractivity (Wildman–Crippen MR) is 74.1 cm³/mol. The number of quaternary nitrogens is 1. The van der Waals surface area contributed by atoms with Gasteiger partial charge in [-0.05, 0) is 59.9 Å². The minimum absolute atomic E-state index is 0.223. The van der Waals surface area contributed by atoms with Crippen LogP contribution in [-0.4, -0.2) is 16.9 Å². The summed E-state index contributed by atoms with van der Waals surface area (Å²) in [5.41, 5.74) is 5.78. The molecule has 2 rings (SSSR count). The van der Waals surface area contributed by atoms with Gasteiger partial charge in [0, 0.05) is 0 Å². The third-order valence-corrected chi connectivity index (χ3v) is 4.08. The molecule has 0 saturated carbocycles. The van der Waals surface area contributed by atoms with Gasteiger partial charge in [-0.1, -0.05) is 25.3 Å². The highest BCUT2D eigenvalue weighted by Crippen LogP contribution is 2.40. The second-order valence-corrected chi connectivity index (χ2v) is 6.48. The van der Waals surface area contributed by atoms with E-state index in [-0.39, 0.29) is 12.0 Å². The van der Waals surface area contributed by atoms with Gasteiger partial charge in [-0.3, -0.25) is 0 Å². The molecular weight excluding hydrogens is 258 g/mol. The molecule has 1 aromatic rings. The zero-order chi connectivity index (χ0) is 15.1. The lowest BCUT2D eigenvalue weighted by molar-refractivity contribution is -1.21. The van der Waals surface area contributed by atoms with E-state index in [1.807, 2.05) is 13.8 Å². The molecule has 5 heteroatoms. The summed E-state index contributed by atoms with van der Waals surface area (Å²) >= 11 is 0. The minimum Gasteiger partial charge on any atom is -0.566 e. The largest absolute Gasteiger partial charge is 0.566 e. The summed E-state index contributed by atoms with van der Waals surface area (Å²) in [6, 6.07) is 2.12. The average molecular weight is 281 g/mol. The highest BCUT2D eigenvalue weighted by Gasteiger charge is 2.31. The summed E-state index contributed by atoms with van der Waals surface area (Å²) < 4.78 is 0. The van der Waals surface area contributed by atoms with Crippen LogP contribution in [0.2, 0.25) is 0 Å². The summed E-state index contributed by atoms with van der Waals surface area (Å²) in [6.45, 7) is 8.22. The normalized spacial score (nSPS) is 19.8. The second-order valence-electron chi connectivity index (χ2n) is 6.48. The van der Waals surface area contributed by atoms with Gasteiger partial charge in [0.15, 0.2) is 0 Å². The molecule has 20 heavy (non-hydrogen) atoms. The quantitative estimate of drug-likeness (QED) is 0.724. The molecule has 112 valence electrons. The third kappa shape index (κ3) is 3.02. The van der Waals surface area contributed by atoms with Crippen LogP contribution in [-0.2, 0) is 17.7 Å². The summed E-state index contributed by atoms with van der Waals surface area (Å²) in [5, 5.41) is 27.8. The van der Waals surface area contributed by atoms with Gasteiger partial charge in [-0.2, -0.15) is 10.0 Å². The van der Waals surface area contributed by atoms with Gasteiger partial charge >= 0.3 is 0 Å². The lowest BCUT2D eigenvalue weighted by Crippen LogP contribution is -3.03. The molecule has 0 aromatic heterocycles. The Morgan fingerprint density at radius 3 is 2.65 bits per heavy atom. The van der Waals surface area contributed by atoms with Crippen molar-refractivity contribution in [3.63, 3.8) is 0 Å². The molecule has 2 unspecified atom stereocenters. The highest BCUT2D eigenvalue weighted by molar-refractivity contribution is 5.49. The fourth-order valence-corrected chi connectivity index (χ4v) is 3.33. The van der Waals surface area contributed by atoms with Gasteiger partial charge in [0.1, 0.15) is 12.7 Å². The van der Waals surface area contributed by atoms with Crippen molar-refractivity contribution in [1.29, 1.82) is 0 Å². The van der Waals surface area contributed by atoms with Crippen molar-refractivity contribution in [1.82, 2.24) is 0 Å². The van der Waals surface area contributed by atoms with Crippen molar-refractivity contribution >= 4 is 0 Å². The minimum atomic E-state index is -1.36. The van der Waals surface area contributed by atoms with Crippen molar-refractivity contribution in [2.45, 2.75) is 46.6 Å². The van der Waals surface area contributed by atoms with E-state index in [4.69, 9.17) is 5.21 Å². The molecule has 0 aliphatic heterocycles. The van der Waals surface area contributed by atoms with Gasteiger partial charge in [0.05, 0.1) is 0 Å². The molecule has 1 aromatic carbocycles. The van der Waals surface area contributed by atoms with E-state index in [9.17, 15) is 10.3 Å². The van der Waals surface area contributed by atoms with E-state index in [0.29, 0.717) is 0 Å². The first-order valence-corrected chi connectivity index (χ1v) is 6.87. The maximum absolute atomic E-state index is 10.4. The van der Waals surface area contributed by atoms with Gasteiger partial charge in [0.25, 0.3) is 0 Å². The Hall–Kier alpha value is -0.980. The standard InChI is InChI=1S/C15H23NO4/c1-9-5-11-6-15(3,4)7-12(11)10(2)14(9)13(17)8-20-16(18)19/h5,13,16-18H,6-8H2,1-4H3. The molecule has 2 atom stereocenters. The molecule has 1 aliphatic carbocycles. The zero-order valence-electron chi connectivity index (χ0n) is 12.5. The monoisotopic (exact) mass is 281 g/mol. The molecule has 5 nitrogen and oxygen atoms in total. The second kappa shape index (κ2) is 5.42. The van der Waals surface area contributed by atoms with Crippen LogP contribution in [0.5, 0.6) is 0 Å². The summed E-state index contributed by atoms with van der Waals surface area (Å²) in [4.78, 5) is 4.50. The molecule has 0 bridgehead atoms. The van der Waals surface area contributed by atoms with Crippen LogP contribution < -0.4 is 5.39 Å². The Labute approximate surface area is 119 Å². The Kier molecular flexibility index (Phi) is 4.18. The number of hydrogen-bond acceptors (Lipinski definition) is 4. The van der Waals surface area contributed by atoms with Gasteiger partial charge < -0.3 is 10.3 Å². The van der Waals surface area contributed by atoms with Crippen molar-refractivity contribution in [2.24, 2.45) is 5.41 Å². The van der Waals surface area contributed by atoms with Crippen LogP contribution in [0.4, 0.5) is 0 Å². The molecule has 3 N–H and O–H groups in total. The van der Waals surface area contributed by atoms with Crippen LogP contribution in [0.3, 0.4) is 0 Å². The Morgan fingerprint density at radius 2 is 2.05 bits per heavy atom. The van der Waals surface area contributed by atoms with E-state index in [1.165, 1.54) is 11.1 Å². The predicted octanol–water partition coefficient (Wildman–Crippen LogP) is 1.17. The van der Waals surface area contributed by atoms with Crippen LogP contribution in [0.25, 0.3) is 0 Å². The molecule has 0 amide bonds. The number of benzene rings is 1. The number of hydrogen-bond donors (Lipinski definition) is 3. The van der Waals surface area contributed by atoms with E-state index >= 15 is 0 Å². The Morgan fingerprint density at radius 1 is 1.40 bits per heavy atom. The number of fused-ring (bicyclic) bond motifs is 1. The molecule has 0 fully saturated rings. The first kappa shape index (κ1) is 15.4. The van der Waals surface area contributed by atoms with E-state index in [0.717, 1.165) is 29.5 Å². The average Bonchev–Trinajstić information content (AvgIpc) is 2.61. The summed E-state index contributed by atoms with van der Waals surface area (Å²) in [7, 11) is 0. The van der Waals surface area contributed by atoms with Crippen molar-refractivity contribution in [2.75, 3.05) is 6.61 Å². The third-order valence-electron chi connectivity index (χ3n) is 4.08. The van der Waals surface area contributed by atoms with Crippen molar-refractivity contribution in [3.05, 3.63) is 39.1 Å². The molecule has 0 heterocycles. The number of rotatable bonds is 4. The maximum Gasteiger partial charge on any atom is 0.141 e. The van der Waals surface area contributed by atoms with E-state index in [2.05, 4.69) is 24.8 Å². The van der Waals surface area contributed by atoms with Gasteiger partial charge in [-0.25, -0.2) is 0 Å². The fraction of sp³-hybridized carbons (Fsp3) is 0.600. The van der Waals surface area contributed by atoms with Crippen molar-refractivity contribution in [3.8, 4) is 0 Å². The van der Waals surface area contributed by atoms with Gasteiger partial charge in [0.2, 0.25) is 0 Å². The van der Waals surface area contributed by atoms with Crippen LogP contribution in [0, 0.1) is 24.5 Å². The topological polar surface area (TPSA) is 77.2 Å². The SMILES string of the molecule is Cc1cc2c(c(C)c1C(O)CO[NH+]([O-])O)CC(C)(C)C2. The number of nitrogens with one attached hydrogen (secondary N) is 1. The Balaban J connectivity index is 2.32. The number of aliphatic hydroxyl groups is 1. The van der Waals surface area contributed by atoms with E-state index < -0.39 is 11.5 Å². The first-order valence-electron chi connectivity index (χ1n) is 6.87. The molecule has 1 aliphatic rings. The highest BCUT2D eigenvalue weighted by atomic mass is 17.1. The molecule has 0 saturated heterocycles. The molecule has 0 radical (unpaired) electrons. The maximum atomic E-state index is 10.4. The summed E-state index contributed by atoms with van der Waals surface area (Å²) in [5.74, 6) is 0. The number of aliphatic hydroxyl groups excluding tert-OH is 1. The lowest BCUT2D eigenvalue weighted by Gasteiger charge is -2.20. The molecular formula is C15H23NO4. The summed E-state index contributed by atoms with van der Waals surface area (Å²) in [6.07, 6.45) is 1.14. The first-order chi connectivity index (χ1) is 9.21. The fourth-order valence-electron chi connectivity index (χ4n) is 3.33. The zero-order valence-corrected chi connectivity index (χ0v) is 12.5. The van der Waals surface area contributed by atoms with E-state index in [1.54, 1.807) is 0 Å². The van der Waals surface area contributed by atoms with Crippen molar-refractivity contribution < 1.29 is 20.5 Å². The number of aryl methyl sites for hydroxylation is 1. The van der Waals surface area contributed by atoms with Crippen LogP contribution in [0.15, 0.2) is 6.07 Å². The van der Waals surface area contributed by atoms with Gasteiger partial charge in [-0.15, -0.1) is 0 Å². The Bertz CT molecular complexity index is 511. The van der Waals surface area contributed by atoms with Crippen LogP contribution >= 0.6 is 0 Å². The smallest absolute Gasteiger partial charge is 0.141 e. The lowest BCUT2D eigenvalue weighted by atomic mass is 9.89. The van der Waals surface area contributed by atoms with Crippen LogP contribution in [0.1, 0.15) is 47.8 Å².